The van der Waals surface area contributed by atoms with Gasteiger partial charge in [-0.05, 0) is 25.0 Å². The Morgan fingerprint density at radius 3 is 2.55 bits per heavy atom. The first-order valence-corrected chi connectivity index (χ1v) is 4.35. The van der Waals surface area contributed by atoms with Gasteiger partial charge in [0.05, 0.1) is 6.10 Å². The smallest absolute Gasteiger partial charge is 0.0772 e. The van der Waals surface area contributed by atoms with Gasteiger partial charge in [0.1, 0.15) is 0 Å². The Kier molecular flexibility index (Phi) is 2.68. The van der Waals surface area contributed by atoms with Gasteiger partial charge in [0.2, 0.25) is 0 Å². The van der Waals surface area contributed by atoms with Crippen molar-refractivity contribution < 1.29 is 5.11 Å². The molecule has 0 saturated carbocycles. The van der Waals surface area contributed by atoms with E-state index in [2.05, 4.69) is 15.9 Å². The fourth-order valence-electron chi connectivity index (χ4n) is 0.993. The highest BCUT2D eigenvalue weighted by atomic mass is 79.9. The number of halogens is 1. The fourth-order valence-corrected chi connectivity index (χ4v) is 1.59. The lowest BCUT2D eigenvalue weighted by Gasteiger charge is -2.08. The van der Waals surface area contributed by atoms with E-state index < -0.39 is 6.10 Å². The highest BCUT2D eigenvalue weighted by Gasteiger charge is 2.06. The monoisotopic (exact) mass is 214 g/mol. The van der Waals surface area contributed by atoms with Crippen LogP contribution in [-0.4, -0.2) is 5.11 Å². The summed E-state index contributed by atoms with van der Waals surface area (Å²) in [5.41, 5.74) is 2.11. The summed E-state index contributed by atoms with van der Waals surface area (Å²) in [6, 6.07) is 5.87. The number of hydrogen-bond donors (Lipinski definition) is 1. The SMILES string of the molecule is Cc1cccc([C@@H](C)O)c1Br. The van der Waals surface area contributed by atoms with Crippen LogP contribution >= 0.6 is 15.9 Å². The summed E-state index contributed by atoms with van der Waals surface area (Å²) >= 11 is 3.42. The highest BCUT2D eigenvalue weighted by molar-refractivity contribution is 9.10. The molecule has 1 atom stereocenters. The molecule has 1 aromatic carbocycles. The molecule has 1 rings (SSSR count). The Labute approximate surface area is 75.2 Å². The average Bonchev–Trinajstić information content (AvgIpc) is 1.94. The molecule has 1 N–H and O–H groups in total. The molecule has 0 unspecified atom stereocenters. The Balaban J connectivity index is 3.17. The lowest BCUT2D eigenvalue weighted by Crippen LogP contribution is -1.93. The molecule has 0 heterocycles. The second kappa shape index (κ2) is 3.37. The van der Waals surface area contributed by atoms with E-state index >= 15 is 0 Å². The van der Waals surface area contributed by atoms with E-state index in [1.165, 1.54) is 0 Å². The van der Waals surface area contributed by atoms with Gasteiger partial charge in [0, 0.05) is 4.47 Å². The van der Waals surface area contributed by atoms with Crippen LogP contribution in [0.3, 0.4) is 0 Å². The average molecular weight is 215 g/mol. The zero-order valence-electron chi connectivity index (χ0n) is 6.63. The normalized spacial score (nSPS) is 13.1. The molecule has 0 amide bonds. The number of aliphatic hydroxyl groups excluding tert-OH is 1. The number of benzene rings is 1. The second-order valence-electron chi connectivity index (χ2n) is 2.65. The zero-order valence-corrected chi connectivity index (χ0v) is 8.22. The van der Waals surface area contributed by atoms with Gasteiger partial charge in [-0.3, -0.25) is 0 Å². The van der Waals surface area contributed by atoms with Crippen molar-refractivity contribution in [3.8, 4) is 0 Å². The van der Waals surface area contributed by atoms with E-state index in [1.54, 1.807) is 6.92 Å². The van der Waals surface area contributed by atoms with E-state index in [9.17, 15) is 5.11 Å². The van der Waals surface area contributed by atoms with Gasteiger partial charge in [-0.2, -0.15) is 0 Å². The molecule has 0 radical (unpaired) electrons. The third kappa shape index (κ3) is 1.82. The number of hydrogen-bond acceptors (Lipinski definition) is 1. The maximum atomic E-state index is 9.30. The van der Waals surface area contributed by atoms with E-state index in [0.29, 0.717) is 0 Å². The second-order valence-corrected chi connectivity index (χ2v) is 3.45. The molecule has 11 heavy (non-hydrogen) atoms. The van der Waals surface area contributed by atoms with E-state index in [4.69, 9.17) is 0 Å². The first kappa shape index (κ1) is 8.75. The summed E-state index contributed by atoms with van der Waals surface area (Å²) in [6.07, 6.45) is -0.399. The van der Waals surface area contributed by atoms with Gasteiger partial charge in [-0.25, -0.2) is 0 Å². The molecule has 0 aliphatic rings. The first-order chi connectivity index (χ1) is 5.13. The van der Waals surface area contributed by atoms with E-state index in [0.717, 1.165) is 15.6 Å². The standard InChI is InChI=1S/C9H11BrO/c1-6-4-3-5-8(7(2)11)9(6)10/h3-5,7,11H,1-2H3/t7-/m1/s1. The maximum Gasteiger partial charge on any atom is 0.0772 e. The summed E-state index contributed by atoms with van der Waals surface area (Å²) in [6.45, 7) is 3.77. The van der Waals surface area contributed by atoms with Crippen LogP contribution in [-0.2, 0) is 0 Å². The molecule has 0 aliphatic carbocycles. The lowest BCUT2D eigenvalue weighted by molar-refractivity contribution is 0.198. The fraction of sp³-hybridized carbons (Fsp3) is 0.333. The molecular formula is C9H11BrO. The topological polar surface area (TPSA) is 20.2 Å². The van der Waals surface area contributed by atoms with Crippen molar-refractivity contribution in [3.05, 3.63) is 33.8 Å². The minimum atomic E-state index is -0.399. The van der Waals surface area contributed by atoms with Gasteiger partial charge in [0.25, 0.3) is 0 Å². The minimum Gasteiger partial charge on any atom is -0.389 e. The molecule has 0 aliphatic heterocycles. The van der Waals surface area contributed by atoms with E-state index in [1.807, 2.05) is 25.1 Å². The predicted octanol–water partition coefficient (Wildman–Crippen LogP) is 2.81. The van der Waals surface area contributed by atoms with Crippen molar-refractivity contribution in [3.63, 3.8) is 0 Å². The summed E-state index contributed by atoms with van der Waals surface area (Å²) < 4.78 is 1.01. The Bertz CT molecular complexity index is 256. The minimum absolute atomic E-state index is 0.399. The van der Waals surface area contributed by atoms with E-state index in [-0.39, 0.29) is 0 Å². The van der Waals surface area contributed by atoms with Crippen LogP contribution in [0.4, 0.5) is 0 Å². The predicted molar refractivity (Wildman–Crippen MR) is 49.5 cm³/mol. The molecule has 60 valence electrons. The molecule has 0 aromatic heterocycles. The summed E-state index contributed by atoms with van der Waals surface area (Å²) in [5, 5.41) is 9.30. The van der Waals surface area contributed by atoms with Crippen molar-refractivity contribution in [2.75, 3.05) is 0 Å². The quantitative estimate of drug-likeness (QED) is 0.763. The molecular weight excluding hydrogens is 204 g/mol. The van der Waals surface area contributed by atoms with Crippen LogP contribution in [0.1, 0.15) is 24.2 Å². The van der Waals surface area contributed by atoms with Crippen LogP contribution in [0.15, 0.2) is 22.7 Å². The van der Waals surface area contributed by atoms with Crippen LogP contribution < -0.4 is 0 Å². The Hall–Kier alpha value is -0.340. The summed E-state index contributed by atoms with van der Waals surface area (Å²) in [4.78, 5) is 0. The van der Waals surface area contributed by atoms with Gasteiger partial charge in [0.15, 0.2) is 0 Å². The van der Waals surface area contributed by atoms with Crippen LogP contribution in [0.2, 0.25) is 0 Å². The van der Waals surface area contributed by atoms with Gasteiger partial charge < -0.3 is 5.11 Å². The first-order valence-electron chi connectivity index (χ1n) is 3.56. The van der Waals surface area contributed by atoms with Crippen LogP contribution in [0.25, 0.3) is 0 Å². The lowest BCUT2D eigenvalue weighted by atomic mass is 10.1. The Morgan fingerprint density at radius 2 is 2.09 bits per heavy atom. The third-order valence-corrected chi connectivity index (χ3v) is 2.76. The number of rotatable bonds is 1. The molecule has 0 saturated heterocycles. The zero-order chi connectivity index (χ0) is 8.43. The molecule has 1 nitrogen and oxygen atoms in total. The molecule has 0 spiro atoms. The molecule has 0 fully saturated rings. The Morgan fingerprint density at radius 1 is 1.45 bits per heavy atom. The van der Waals surface area contributed by atoms with Gasteiger partial charge in [-0.1, -0.05) is 34.1 Å². The van der Waals surface area contributed by atoms with Gasteiger partial charge in [-0.15, -0.1) is 0 Å². The molecule has 1 aromatic rings. The number of aliphatic hydroxyl groups is 1. The molecule has 0 bridgehead atoms. The third-order valence-electron chi connectivity index (χ3n) is 1.67. The van der Waals surface area contributed by atoms with Crippen LogP contribution in [0.5, 0.6) is 0 Å². The van der Waals surface area contributed by atoms with Crippen molar-refractivity contribution in [2.45, 2.75) is 20.0 Å². The maximum absolute atomic E-state index is 9.30. The summed E-state index contributed by atoms with van der Waals surface area (Å²) in [7, 11) is 0. The number of aryl methyl sites for hydroxylation is 1. The molecule has 2 heteroatoms. The summed E-state index contributed by atoms with van der Waals surface area (Å²) in [5.74, 6) is 0. The van der Waals surface area contributed by atoms with Crippen molar-refractivity contribution >= 4 is 15.9 Å². The van der Waals surface area contributed by atoms with Crippen molar-refractivity contribution in [1.82, 2.24) is 0 Å². The van der Waals surface area contributed by atoms with Gasteiger partial charge >= 0.3 is 0 Å². The van der Waals surface area contributed by atoms with Crippen LogP contribution in [0, 0.1) is 6.92 Å². The largest absolute Gasteiger partial charge is 0.389 e. The van der Waals surface area contributed by atoms with Crippen molar-refractivity contribution in [1.29, 1.82) is 0 Å². The highest BCUT2D eigenvalue weighted by Crippen LogP contribution is 2.25. The van der Waals surface area contributed by atoms with Crippen molar-refractivity contribution in [2.24, 2.45) is 0 Å².